The van der Waals surface area contributed by atoms with Gasteiger partial charge in [-0.3, -0.25) is 19.4 Å². The Morgan fingerprint density at radius 1 is 0.405 bits per heavy atom. The Hall–Kier alpha value is -12.2. The van der Waals surface area contributed by atoms with Crippen LogP contribution in [0.3, 0.4) is 0 Å². The number of halogens is 3. The molecule has 121 heavy (non-hydrogen) atoms. The van der Waals surface area contributed by atoms with Crippen LogP contribution in [0.4, 0.5) is 0 Å². The fourth-order valence-electron chi connectivity index (χ4n) is 14.7. The van der Waals surface area contributed by atoms with Crippen molar-refractivity contribution < 1.29 is 62.8 Å². The first-order chi connectivity index (χ1) is 58.0. The predicted octanol–water partition coefficient (Wildman–Crippen LogP) is 20.6. The maximum Gasteiger partial charge on any atom is 0.281 e. The molecule has 0 aliphatic carbocycles. The summed E-state index contributed by atoms with van der Waals surface area (Å²) in [5.74, 6) is 0.621. The molecule has 622 valence electrons. The van der Waals surface area contributed by atoms with Crippen molar-refractivity contribution in [3.8, 4) is 50.6 Å². The van der Waals surface area contributed by atoms with E-state index in [4.69, 9.17) is 58.0 Å². The molecule has 15 rings (SSSR count). The minimum Gasteiger partial charge on any atom is -0.494 e. The lowest BCUT2D eigenvalue weighted by Crippen LogP contribution is -2.31. The van der Waals surface area contributed by atoms with Gasteiger partial charge < -0.3 is 38.1 Å². The standard InChI is InChI=1S/C32H30ClN3O4S.C31H30ClN3O5S.C30H27ClN2O5S/c1-20-14-15-34-19-28(20)27-12-7-11-25-26(13-8-16-40-23-17-21(2)29(33)22(3)18-23)31(35-30(25)27)32(37)36-41(38,39)24-9-5-4-6-10-24;1-18-16-22(17-19(2)28(18)32)39-15-9-14-25-24-12-8-13-26(27-20(3)34-40-21(27)4)29(24)33-30(25)31(36)35-41(37,38)23-10-6-5-7-11-23;1-19-16-22(17-20(2)27(19)31)38-14-7-12-26-25-11-6-10-24(21-13-15-37-18-21)28(25)32-29(26)30(34)33-39(35,36)23-8-4-3-5-9-23/h4-7,9-12,14-15,17-19,35H,8,13,16H2,1-3H3,(H,36,37);5-8,10-13,16-17,33H,9,14-15H2,1-4H3,(H,35,36);3-6,8-11,13,15-18,32H,7,12,14H2,1-2H3,(H,33,34). The summed E-state index contributed by atoms with van der Waals surface area (Å²) in [4.78, 5) is 54.4. The third kappa shape index (κ3) is 19.8. The lowest BCUT2D eigenvalue weighted by molar-refractivity contribution is 0.0967. The fraction of sp³-hybridized carbons (Fsp3) is 0.194. The average Bonchev–Trinajstić information content (AvgIpc) is 1.62. The molecule has 0 aliphatic rings. The van der Waals surface area contributed by atoms with E-state index < -0.39 is 47.8 Å². The van der Waals surface area contributed by atoms with Gasteiger partial charge in [0.15, 0.2) is 0 Å². The zero-order valence-corrected chi connectivity index (χ0v) is 72.3. The van der Waals surface area contributed by atoms with Crippen molar-refractivity contribution in [3.05, 3.63) is 318 Å². The summed E-state index contributed by atoms with van der Waals surface area (Å²) in [5, 5.41) is 8.71. The van der Waals surface area contributed by atoms with Gasteiger partial charge in [0.25, 0.3) is 47.8 Å². The number of carbonyl (C=O) groups is 3. The molecule has 0 atom stereocenters. The van der Waals surface area contributed by atoms with Gasteiger partial charge in [-0.05, 0) is 241 Å². The summed E-state index contributed by atoms with van der Waals surface area (Å²) in [5.41, 5.74) is 17.4. The van der Waals surface area contributed by atoms with Gasteiger partial charge in [-0.1, -0.05) is 149 Å². The van der Waals surface area contributed by atoms with Gasteiger partial charge in [-0.2, -0.15) is 0 Å². The van der Waals surface area contributed by atoms with Crippen molar-refractivity contribution in [1.29, 1.82) is 0 Å². The lowest BCUT2D eigenvalue weighted by atomic mass is 9.98. The van der Waals surface area contributed by atoms with E-state index in [9.17, 15) is 39.6 Å². The molecule has 0 fully saturated rings. The van der Waals surface area contributed by atoms with Crippen LogP contribution in [0.5, 0.6) is 17.2 Å². The number of aromatic amines is 3. The van der Waals surface area contributed by atoms with Gasteiger partial charge in [0.2, 0.25) is 0 Å². The normalized spacial score (nSPS) is 11.6. The SMILES string of the molecule is Cc1cc(OCCCc2c(C(=O)NS(=O)(=O)c3ccccc3)[nH]c3c(-c4c(C)noc4C)cccc23)cc(C)c1Cl.Cc1cc(OCCCc2c(C(=O)NS(=O)(=O)c3ccccc3)[nH]c3c(-c4ccoc4)cccc23)cc(C)c1Cl.Cc1ccncc1-c1cccc2c(CCCOc3cc(C)c(Cl)c(C)c3)c(C(=O)NS(=O)(=O)c3ccccc3)[nH]c12. The number of sulfonamides is 3. The number of ether oxygens (including phenoxy) is 3. The minimum absolute atomic E-state index is 0.00405. The van der Waals surface area contributed by atoms with Crippen LogP contribution in [0.2, 0.25) is 15.1 Å². The van der Waals surface area contributed by atoms with Gasteiger partial charge in [0.1, 0.15) is 40.1 Å². The second kappa shape index (κ2) is 37.6. The number of aryl methyl sites for hydroxylation is 12. The molecule has 0 radical (unpaired) electrons. The van der Waals surface area contributed by atoms with Crippen molar-refractivity contribution in [3.63, 3.8) is 0 Å². The highest BCUT2D eigenvalue weighted by molar-refractivity contribution is 7.90. The number of pyridine rings is 1. The first-order valence-electron chi connectivity index (χ1n) is 38.8. The summed E-state index contributed by atoms with van der Waals surface area (Å²) < 4.78 is 113. The maximum atomic E-state index is 13.5. The molecule has 9 aromatic carbocycles. The largest absolute Gasteiger partial charge is 0.494 e. The Morgan fingerprint density at radius 3 is 1.09 bits per heavy atom. The van der Waals surface area contributed by atoms with E-state index in [0.29, 0.717) is 91.5 Å². The number of benzene rings is 9. The molecule has 0 spiro atoms. The topological polar surface area (TPSA) is 317 Å². The zero-order chi connectivity index (χ0) is 86.0. The summed E-state index contributed by atoms with van der Waals surface area (Å²) in [6, 6.07) is 55.9. The molecule has 15 aromatic rings. The molecule has 6 N–H and O–H groups in total. The van der Waals surface area contributed by atoms with E-state index in [1.165, 1.54) is 36.4 Å². The van der Waals surface area contributed by atoms with E-state index in [1.54, 1.807) is 79.5 Å². The molecule has 0 saturated carbocycles. The molecular formula is C93H87Cl3N8O14S3. The Kier molecular flexibility index (Phi) is 26.9. The number of nitrogens with zero attached hydrogens (tertiary/aromatic N) is 2. The number of aromatic nitrogens is 5. The summed E-state index contributed by atoms with van der Waals surface area (Å²) in [6.07, 6.45) is 9.91. The smallest absolute Gasteiger partial charge is 0.281 e. The van der Waals surface area contributed by atoms with Gasteiger partial charge >= 0.3 is 0 Å². The molecule has 0 unspecified atom stereocenters. The molecule has 0 saturated heterocycles. The molecule has 28 heteroatoms. The van der Waals surface area contributed by atoms with Crippen LogP contribution >= 0.6 is 34.8 Å². The van der Waals surface area contributed by atoms with E-state index >= 15 is 0 Å². The molecule has 0 bridgehead atoms. The highest BCUT2D eigenvalue weighted by Crippen LogP contribution is 2.40. The summed E-state index contributed by atoms with van der Waals surface area (Å²) in [7, 11) is -12.2. The first-order valence-corrected chi connectivity index (χ1v) is 44.4. The summed E-state index contributed by atoms with van der Waals surface area (Å²) in [6.45, 7) is 18.5. The van der Waals surface area contributed by atoms with Crippen molar-refractivity contribution in [2.75, 3.05) is 19.8 Å². The molecular weight excluding hydrogens is 1660 g/mol. The van der Waals surface area contributed by atoms with Crippen LogP contribution in [-0.4, -0.2) is 87.9 Å². The van der Waals surface area contributed by atoms with E-state index in [-0.39, 0.29) is 31.8 Å². The predicted molar refractivity (Wildman–Crippen MR) is 473 cm³/mol. The Balaban J connectivity index is 0.000000157. The van der Waals surface area contributed by atoms with Crippen molar-refractivity contribution in [2.24, 2.45) is 0 Å². The maximum absolute atomic E-state index is 13.5. The molecule has 6 heterocycles. The van der Waals surface area contributed by atoms with Crippen molar-refractivity contribution >= 4 is 115 Å². The van der Waals surface area contributed by atoms with Gasteiger partial charge in [0, 0.05) is 77.0 Å². The Morgan fingerprint density at radius 2 is 0.752 bits per heavy atom. The highest BCUT2D eigenvalue weighted by Gasteiger charge is 2.30. The number of H-pyrrole nitrogens is 3. The fourth-order valence-corrected chi connectivity index (χ4v) is 17.9. The lowest BCUT2D eigenvalue weighted by Gasteiger charge is -2.11. The Bertz CT molecular complexity index is 6640. The molecule has 0 aliphatic heterocycles. The number of hydrogen-bond donors (Lipinski definition) is 6. The second-order valence-electron chi connectivity index (χ2n) is 29.2. The highest BCUT2D eigenvalue weighted by atomic mass is 35.5. The number of rotatable bonds is 27. The average molecular weight is 1740 g/mol. The number of hydrogen-bond acceptors (Lipinski definition) is 16. The van der Waals surface area contributed by atoms with E-state index in [0.717, 1.165) is 132 Å². The van der Waals surface area contributed by atoms with Crippen molar-refractivity contribution in [1.82, 2.24) is 39.3 Å². The third-order valence-electron chi connectivity index (χ3n) is 20.6. The van der Waals surface area contributed by atoms with Gasteiger partial charge in [0.05, 0.1) is 69.3 Å². The first kappa shape index (κ1) is 86.6. The number of fused-ring (bicyclic) bond motifs is 3. The van der Waals surface area contributed by atoms with Gasteiger partial charge in [-0.15, -0.1) is 0 Å². The van der Waals surface area contributed by atoms with Crippen LogP contribution in [0, 0.1) is 62.3 Å². The second-order valence-corrected chi connectivity index (χ2v) is 35.4. The van der Waals surface area contributed by atoms with Crippen molar-refractivity contribution in [2.45, 2.75) is 116 Å². The zero-order valence-electron chi connectivity index (χ0n) is 67.6. The molecule has 6 aromatic heterocycles. The molecule has 3 amide bonds. The number of nitrogens with one attached hydrogen (secondary N) is 6. The monoisotopic (exact) mass is 1740 g/mol. The van der Waals surface area contributed by atoms with E-state index in [1.807, 2.05) is 165 Å². The van der Waals surface area contributed by atoms with Gasteiger partial charge in [-0.25, -0.2) is 39.4 Å². The number of para-hydroxylation sites is 3. The van der Waals surface area contributed by atoms with Crippen LogP contribution in [0.25, 0.3) is 66.1 Å². The molecule has 22 nitrogen and oxygen atoms in total. The minimum atomic E-state index is -4.08. The number of carbonyl (C=O) groups excluding carboxylic acids is 3. The number of amides is 3. The van der Waals surface area contributed by atoms with Crippen LogP contribution in [-0.2, 0) is 49.3 Å². The number of furan rings is 1. The summed E-state index contributed by atoms with van der Waals surface area (Å²) >= 11 is 18.8. The quantitative estimate of drug-likeness (QED) is 0.0261. The Labute approximate surface area is 716 Å². The van der Waals surface area contributed by atoms with Crippen LogP contribution in [0.1, 0.15) is 118 Å². The third-order valence-corrected chi connectivity index (χ3v) is 26.4. The van der Waals surface area contributed by atoms with E-state index in [2.05, 4.69) is 39.3 Å². The van der Waals surface area contributed by atoms with Crippen LogP contribution in [0.15, 0.2) is 243 Å². The van der Waals surface area contributed by atoms with Crippen LogP contribution < -0.4 is 28.4 Å².